The Kier molecular flexibility index (Phi) is 2.82. The number of rotatable bonds is 2. The summed E-state index contributed by atoms with van der Waals surface area (Å²) in [4.78, 5) is 8.79. The summed E-state index contributed by atoms with van der Waals surface area (Å²) in [5.74, 6) is 0.624. The van der Waals surface area contributed by atoms with Crippen LogP contribution in [0, 0.1) is 0 Å². The van der Waals surface area contributed by atoms with Crippen molar-refractivity contribution in [2.45, 2.75) is 19.9 Å². The average Bonchev–Trinajstić information content (AvgIpc) is 2.95. The molecule has 98 valence electrons. The lowest BCUT2D eigenvalue weighted by atomic mass is 10.3. The van der Waals surface area contributed by atoms with Crippen molar-refractivity contribution in [3.05, 3.63) is 35.3 Å². The van der Waals surface area contributed by atoms with Crippen LogP contribution >= 0.6 is 15.9 Å². The number of pyridine rings is 1. The normalized spacial score (nSPS) is 11.6. The molecule has 0 bridgehead atoms. The van der Waals surface area contributed by atoms with Crippen LogP contribution in [0.15, 0.2) is 35.3 Å². The van der Waals surface area contributed by atoms with E-state index >= 15 is 0 Å². The summed E-state index contributed by atoms with van der Waals surface area (Å²) in [6.45, 7) is 4.21. The average molecular weight is 320 g/mol. The first-order chi connectivity index (χ1) is 9.08. The van der Waals surface area contributed by atoms with E-state index in [9.17, 15) is 0 Å². The lowest BCUT2D eigenvalue weighted by Gasteiger charge is -2.10. The Hall–Kier alpha value is -1.82. The van der Waals surface area contributed by atoms with Crippen molar-refractivity contribution < 1.29 is 0 Å². The minimum absolute atomic E-state index is 0.313. The lowest BCUT2D eigenvalue weighted by Crippen LogP contribution is -2.02. The molecule has 0 aliphatic rings. The summed E-state index contributed by atoms with van der Waals surface area (Å²) >= 11 is 3.44. The standard InChI is InChI=1S/C13H14BrN5/c1-8(2)19-7-16-5-10(19)12-13(15)18-6-9(14)3-4-11(18)17-12/h3-8H,15H2,1-2H3. The molecule has 3 aromatic heterocycles. The highest BCUT2D eigenvalue weighted by Crippen LogP contribution is 2.28. The first kappa shape index (κ1) is 12.2. The third-order valence-corrected chi connectivity index (χ3v) is 3.55. The Morgan fingerprint density at radius 1 is 1.32 bits per heavy atom. The Bertz CT molecular complexity index is 741. The van der Waals surface area contributed by atoms with Crippen LogP contribution in [0.1, 0.15) is 19.9 Å². The van der Waals surface area contributed by atoms with Gasteiger partial charge < -0.3 is 10.3 Å². The van der Waals surface area contributed by atoms with Crippen molar-refractivity contribution in [1.82, 2.24) is 18.9 Å². The zero-order valence-corrected chi connectivity index (χ0v) is 12.3. The third kappa shape index (κ3) is 1.92. The molecule has 3 aromatic rings. The molecular formula is C13H14BrN5. The van der Waals surface area contributed by atoms with Gasteiger partial charge in [-0.2, -0.15) is 0 Å². The zero-order chi connectivity index (χ0) is 13.6. The molecule has 0 saturated heterocycles. The highest BCUT2D eigenvalue weighted by Gasteiger charge is 2.16. The fourth-order valence-corrected chi connectivity index (χ4v) is 2.46. The predicted molar refractivity (Wildman–Crippen MR) is 78.9 cm³/mol. The molecule has 0 aromatic carbocycles. The number of hydrogen-bond acceptors (Lipinski definition) is 3. The van der Waals surface area contributed by atoms with Gasteiger partial charge in [-0.25, -0.2) is 9.97 Å². The predicted octanol–water partition coefficient (Wildman–Crippen LogP) is 3.12. The van der Waals surface area contributed by atoms with Crippen LogP contribution < -0.4 is 5.73 Å². The number of nitrogens with zero attached hydrogens (tertiary/aromatic N) is 4. The van der Waals surface area contributed by atoms with Gasteiger partial charge in [-0.05, 0) is 41.9 Å². The van der Waals surface area contributed by atoms with Crippen LogP contribution in [0.2, 0.25) is 0 Å². The van der Waals surface area contributed by atoms with Gasteiger partial charge in [0.15, 0.2) is 0 Å². The molecule has 6 heteroatoms. The first-order valence-electron chi connectivity index (χ1n) is 6.03. The van der Waals surface area contributed by atoms with Gasteiger partial charge in [0.1, 0.15) is 17.2 Å². The molecule has 0 amide bonds. The minimum Gasteiger partial charge on any atom is -0.383 e. The van der Waals surface area contributed by atoms with Gasteiger partial charge in [-0.3, -0.25) is 4.40 Å². The molecule has 19 heavy (non-hydrogen) atoms. The second kappa shape index (κ2) is 4.38. The number of nitrogens with two attached hydrogens (primary N) is 1. The van der Waals surface area contributed by atoms with Crippen molar-refractivity contribution in [1.29, 1.82) is 0 Å². The van der Waals surface area contributed by atoms with Gasteiger partial charge in [0, 0.05) is 16.7 Å². The number of anilines is 1. The van der Waals surface area contributed by atoms with Gasteiger partial charge in [0.2, 0.25) is 0 Å². The fraction of sp³-hybridized carbons (Fsp3) is 0.231. The van der Waals surface area contributed by atoms with E-state index in [2.05, 4.69) is 44.3 Å². The molecular weight excluding hydrogens is 306 g/mol. The van der Waals surface area contributed by atoms with Crippen LogP contribution in [0.3, 0.4) is 0 Å². The van der Waals surface area contributed by atoms with E-state index in [1.165, 1.54) is 0 Å². The molecule has 0 radical (unpaired) electrons. The van der Waals surface area contributed by atoms with E-state index in [4.69, 9.17) is 5.73 Å². The maximum absolute atomic E-state index is 6.21. The number of nitrogen functional groups attached to an aromatic ring is 1. The fourth-order valence-electron chi connectivity index (χ4n) is 2.12. The number of halogens is 1. The van der Waals surface area contributed by atoms with Crippen LogP contribution in [0.4, 0.5) is 5.82 Å². The van der Waals surface area contributed by atoms with Crippen LogP contribution in [-0.4, -0.2) is 18.9 Å². The maximum Gasteiger partial charge on any atom is 0.139 e. The number of aromatic nitrogens is 4. The van der Waals surface area contributed by atoms with E-state index in [0.29, 0.717) is 11.9 Å². The molecule has 5 nitrogen and oxygen atoms in total. The topological polar surface area (TPSA) is 61.1 Å². The van der Waals surface area contributed by atoms with Crippen LogP contribution in [0.5, 0.6) is 0 Å². The first-order valence-corrected chi connectivity index (χ1v) is 6.82. The highest BCUT2D eigenvalue weighted by atomic mass is 79.9. The summed E-state index contributed by atoms with van der Waals surface area (Å²) in [7, 11) is 0. The van der Waals surface area contributed by atoms with Crippen LogP contribution in [-0.2, 0) is 0 Å². The summed E-state index contributed by atoms with van der Waals surface area (Å²) in [6.07, 6.45) is 5.52. The Labute approximate surface area is 119 Å². The highest BCUT2D eigenvalue weighted by molar-refractivity contribution is 9.10. The minimum atomic E-state index is 0.313. The second-order valence-corrected chi connectivity index (χ2v) is 5.62. The van der Waals surface area contributed by atoms with Gasteiger partial charge in [0.25, 0.3) is 0 Å². The molecule has 3 rings (SSSR count). The molecule has 0 fully saturated rings. The zero-order valence-electron chi connectivity index (χ0n) is 10.7. The summed E-state index contributed by atoms with van der Waals surface area (Å²) in [5.41, 5.74) is 8.74. The van der Waals surface area contributed by atoms with Crippen molar-refractivity contribution in [2.24, 2.45) is 0 Å². The molecule has 0 atom stereocenters. The number of imidazole rings is 2. The smallest absolute Gasteiger partial charge is 0.139 e. The molecule has 0 spiro atoms. The van der Waals surface area contributed by atoms with Crippen molar-refractivity contribution in [3.8, 4) is 11.4 Å². The van der Waals surface area contributed by atoms with Gasteiger partial charge in [-0.15, -0.1) is 0 Å². The molecule has 2 N–H and O–H groups in total. The largest absolute Gasteiger partial charge is 0.383 e. The summed E-state index contributed by atoms with van der Waals surface area (Å²) in [6, 6.07) is 4.19. The monoisotopic (exact) mass is 319 g/mol. The van der Waals surface area contributed by atoms with Crippen LogP contribution in [0.25, 0.3) is 17.0 Å². The van der Waals surface area contributed by atoms with Crippen molar-refractivity contribution in [2.75, 3.05) is 5.73 Å². The summed E-state index contributed by atoms with van der Waals surface area (Å²) in [5, 5.41) is 0. The molecule has 0 aliphatic carbocycles. The van der Waals surface area contributed by atoms with Gasteiger partial charge in [0.05, 0.1) is 18.2 Å². The third-order valence-electron chi connectivity index (χ3n) is 3.08. The second-order valence-electron chi connectivity index (χ2n) is 4.70. The Morgan fingerprint density at radius 2 is 2.11 bits per heavy atom. The molecule has 0 aliphatic heterocycles. The number of fused-ring (bicyclic) bond motifs is 1. The van der Waals surface area contributed by atoms with Gasteiger partial charge >= 0.3 is 0 Å². The van der Waals surface area contributed by atoms with E-state index in [-0.39, 0.29) is 0 Å². The van der Waals surface area contributed by atoms with Crippen molar-refractivity contribution >= 4 is 27.4 Å². The van der Waals surface area contributed by atoms with E-state index < -0.39 is 0 Å². The van der Waals surface area contributed by atoms with E-state index in [1.54, 1.807) is 12.5 Å². The summed E-state index contributed by atoms with van der Waals surface area (Å²) < 4.78 is 4.90. The van der Waals surface area contributed by atoms with Crippen molar-refractivity contribution in [3.63, 3.8) is 0 Å². The number of hydrogen-bond donors (Lipinski definition) is 1. The molecule has 0 unspecified atom stereocenters. The SMILES string of the molecule is CC(C)n1cncc1-c1nc2ccc(Br)cn2c1N. The molecule has 0 saturated carbocycles. The maximum atomic E-state index is 6.21. The van der Waals surface area contributed by atoms with E-state index in [1.807, 2.05) is 22.7 Å². The Morgan fingerprint density at radius 3 is 2.84 bits per heavy atom. The quantitative estimate of drug-likeness (QED) is 0.789. The van der Waals surface area contributed by atoms with E-state index in [0.717, 1.165) is 21.5 Å². The Balaban J connectivity index is 2.25. The van der Waals surface area contributed by atoms with Gasteiger partial charge in [-0.1, -0.05) is 0 Å². The molecule has 3 heterocycles. The lowest BCUT2D eigenvalue weighted by molar-refractivity contribution is 0.605.